The molecule has 0 aromatic heterocycles. The molecule has 0 aliphatic carbocycles. The maximum atomic E-state index is 12.6. The first-order chi connectivity index (χ1) is 20.3. The average Bonchev–Trinajstić information content (AvgIpc) is 2.98. The summed E-state index contributed by atoms with van der Waals surface area (Å²) in [5, 5.41) is 0. The second-order valence-electron chi connectivity index (χ2n) is 10.2. The maximum Gasteiger partial charge on any atom is 0.337 e. The van der Waals surface area contributed by atoms with Crippen LogP contribution in [0.4, 0.5) is 0 Å². The maximum absolute atomic E-state index is 12.6. The number of esters is 1. The number of aryl methyl sites for hydroxylation is 1. The first kappa shape index (κ1) is 36.4. The van der Waals surface area contributed by atoms with Gasteiger partial charge in [-0.3, -0.25) is 4.90 Å². The van der Waals surface area contributed by atoms with E-state index in [1.807, 2.05) is 38.2 Å². The monoisotopic (exact) mass is 570 g/mol. The highest BCUT2D eigenvalue weighted by Gasteiger charge is 2.19. The minimum absolute atomic E-state index is 0.344. The number of ether oxygens (including phenoxy) is 1. The van der Waals surface area contributed by atoms with Gasteiger partial charge in [0, 0.05) is 31.0 Å². The van der Waals surface area contributed by atoms with Crippen LogP contribution < -0.4 is 0 Å². The van der Waals surface area contributed by atoms with Gasteiger partial charge in [-0.15, -0.1) is 0 Å². The van der Waals surface area contributed by atoms with Crippen LogP contribution in [0.2, 0.25) is 0 Å². The van der Waals surface area contributed by atoms with E-state index >= 15 is 0 Å². The van der Waals surface area contributed by atoms with Gasteiger partial charge < -0.3 is 9.64 Å². The molecule has 0 atom stereocenters. The van der Waals surface area contributed by atoms with E-state index in [2.05, 4.69) is 118 Å². The topological polar surface area (TPSA) is 32.8 Å². The molecule has 0 unspecified atom stereocenters. The summed E-state index contributed by atoms with van der Waals surface area (Å²) in [6.07, 6.45) is 25.6. The number of allylic oxidation sites excluding steroid dienone is 9. The molecule has 0 radical (unpaired) electrons. The average molecular weight is 571 g/mol. The normalized spacial score (nSPS) is 14.2. The van der Waals surface area contributed by atoms with Gasteiger partial charge in [0.25, 0.3) is 0 Å². The smallest absolute Gasteiger partial charge is 0.337 e. The van der Waals surface area contributed by atoms with Gasteiger partial charge in [-0.2, -0.15) is 0 Å². The van der Waals surface area contributed by atoms with Crippen molar-refractivity contribution in [3.63, 3.8) is 0 Å². The number of methoxy groups -OCH3 is 1. The van der Waals surface area contributed by atoms with Crippen LogP contribution in [0.1, 0.15) is 65.5 Å². The van der Waals surface area contributed by atoms with Crippen LogP contribution in [0, 0.1) is 6.92 Å². The highest BCUT2D eigenvalue weighted by atomic mass is 16.5. The molecular formula is C38H54N2O2. The number of carbonyl (C=O) groups excluding carboxylic acids is 1. The lowest BCUT2D eigenvalue weighted by Crippen LogP contribution is -2.33. The van der Waals surface area contributed by atoms with Crippen molar-refractivity contribution in [2.75, 3.05) is 33.8 Å². The third-order valence-electron chi connectivity index (χ3n) is 6.75. The Labute approximate surface area is 256 Å². The van der Waals surface area contributed by atoms with Gasteiger partial charge in [-0.05, 0) is 83.7 Å². The Hall–Kier alpha value is -3.63. The SMILES string of the molecule is C\C=C/C=C\C(=C\CC)CN(C)C/C(=C/C)N(CCc1ccc(C)cc1)C(=C/C)/C(=C\CC)/C=C(\C=C/C)C(=O)OC. The first-order valence-corrected chi connectivity index (χ1v) is 15.2. The molecule has 0 spiro atoms. The Kier molecular flexibility index (Phi) is 18.3. The van der Waals surface area contributed by atoms with E-state index in [4.69, 9.17) is 4.74 Å². The lowest BCUT2D eigenvalue weighted by atomic mass is 10.0. The van der Waals surface area contributed by atoms with Crippen LogP contribution in [0.5, 0.6) is 0 Å². The summed E-state index contributed by atoms with van der Waals surface area (Å²) in [5.41, 5.74) is 7.69. The van der Waals surface area contributed by atoms with Crippen molar-refractivity contribution in [1.29, 1.82) is 0 Å². The Morgan fingerprint density at radius 2 is 1.55 bits per heavy atom. The summed E-state index contributed by atoms with van der Waals surface area (Å²) in [6, 6.07) is 8.78. The molecule has 0 bridgehead atoms. The predicted octanol–water partition coefficient (Wildman–Crippen LogP) is 9.06. The van der Waals surface area contributed by atoms with E-state index in [9.17, 15) is 4.79 Å². The van der Waals surface area contributed by atoms with Crippen molar-refractivity contribution in [2.45, 2.75) is 67.7 Å². The van der Waals surface area contributed by atoms with Crippen molar-refractivity contribution in [1.82, 2.24) is 9.80 Å². The van der Waals surface area contributed by atoms with Gasteiger partial charge in [-0.1, -0.05) is 104 Å². The lowest BCUT2D eigenvalue weighted by Gasteiger charge is -2.33. The molecule has 0 saturated heterocycles. The molecule has 228 valence electrons. The first-order valence-electron chi connectivity index (χ1n) is 15.2. The third-order valence-corrected chi connectivity index (χ3v) is 6.75. The van der Waals surface area contributed by atoms with E-state index in [1.54, 1.807) is 0 Å². The number of carbonyl (C=O) groups is 1. The van der Waals surface area contributed by atoms with Crippen LogP contribution in [0.3, 0.4) is 0 Å². The zero-order valence-electron chi connectivity index (χ0n) is 27.6. The molecule has 0 saturated carbocycles. The Balaban J connectivity index is 3.54. The Bertz CT molecular complexity index is 1200. The molecule has 0 fully saturated rings. The Morgan fingerprint density at radius 1 is 0.857 bits per heavy atom. The van der Waals surface area contributed by atoms with Crippen molar-refractivity contribution in [3.8, 4) is 0 Å². The van der Waals surface area contributed by atoms with Gasteiger partial charge in [0.2, 0.25) is 0 Å². The summed E-state index contributed by atoms with van der Waals surface area (Å²) >= 11 is 0. The number of hydrogen-bond acceptors (Lipinski definition) is 4. The molecule has 0 aliphatic heterocycles. The molecule has 4 nitrogen and oxygen atoms in total. The molecule has 1 rings (SSSR count). The van der Waals surface area contributed by atoms with Gasteiger partial charge in [0.05, 0.1) is 12.7 Å². The highest BCUT2D eigenvalue weighted by Crippen LogP contribution is 2.26. The minimum atomic E-state index is -0.344. The van der Waals surface area contributed by atoms with Crippen LogP contribution in [0.15, 0.2) is 119 Å². The second kappa shape index (κ2) is 21.1. The fraction of sp³-hybridized carbons (Fsp3) is 0.395. The standard InChI is InChI=1S/C38H54N2O2/c1-10-16-17-21-33(18-11-2)29-39(8)30-36(14-5)40(27-26-32-24-22-31(7)23-25-32)37(15-6)34(19-12-3)28-35(20-13-4)38(41)42-9/h10,13-25,28H,11-12,26-27,29-30H2,1-9H3/b16-10-,20-13-,21-17-,33-18-,34-19-,35-28+,36-14-,37-15+. The van der Waals surface area contributed by atoms with Gasteiger partial charge in [-0.25, -0.2) is 4.79 Å². The van der Waals surface area contributed by atoms with Crippen molar-refractivity contribution in [3.05, 3.63) is 130 Å². The fourth-order valence-electron chi connectivity index (χ4n) is 4.70. The number of benzene rings is 1. The van der Waals surface area contributed by atoms with Crippen LogP contribution in [0.25, 0.3) is 0 Å². The summed E-state index contributed by atoms with van der Waals surface area (Å²) in [4.78, 5) is 17.4. The largest absolute Gasteiger partial charge is 0.465 e. The predicted molar refractivity (Wildman–Crippen MR) is 182 cm³/mol. The van der Waals surface area contributed by atoms with Crippen molar-refractivity contribution >= 4 is 5.97 Å². The molecule has 0 N–H and O–H groups in total. The zero-order valence-corrected chi connectivity index (χ0v) is 27.6. The minimum Gasteiger partial charge on any atom is -0.465 e. The summed E-state index contributed by atoms with van der Waals surface area (Å²) < 4.78 is 5.09. The summed E-state index contributed by atoms with van der Waals surface area (Å²) in [6.45, 7) is 17.0. The van der Waals surface area contributed by atoms with E-state index in [1.165, 1.54) is 29.5 Å². The molecule has 4 heteroatoms. The molecule has 0 aliphatic rings. The van der Waals surface area contributed by atoms with Gasteiger partial charge in [0.1, 0.15) is 0 Å². The summed E-state index contributed by atoms with van der Waals surface area (Å²) in [7, 11) is 3.60. The molecule has 1 aromatic rings. The number of hydrogen-bond donors (Lipinski definition) is 0. The van der Waals surface area contributed by atoms with Crippen molar-refractivity contribution in [2.24, 2.45) is 0 Å². The van der Waals surface area contributed by atoms with Gasteiger partial charge >= 0.3 is 5.97 Å². The van der Waals surface area contributed by atoms with E-state index in [0.717, 1.165) is 50.2 Å². The molecular weight excluding hydrogens is 516 g/mol. The van der Waals surface area contributed by atoms with E-state index in [0.29, 0.717) is 5.57 Å². The molecule has 1 aromatic carbocycles. The summed E-state index contributed by atoms with van der Waals surface area (Å²) in [5.74, 6) is -0.344. The second-order valence-corrected chi connectivity index (χ2v) is 10.2. The van der Waals surface area contributed by atoms with Gasteiger partial charge in [0.15, 0.2) is 0 Å². The molecule has 42 heavy (non-hydrogen) atoms. The van der Waals surface area contributed by atoms with Crippen LogP contribution in [-0.4, -0.2) is 49.6 Å². The van der Waals surface area contributed by atoms with Crippen LogP contribution >= 0.6 is 0 Å². The Morgan fingerprint density at radius 3 is 2.10 bits per heavy atom. The fourth-order valence-corrected chi connectivity index (χ4v) is 4.70. The number of nitrogens with zero attached hydrogens (tertiary/aromatic N) is 2. The van der Waals surface area contributed by atoms with Crippen molar-refractivity contribution < 1.29 is 9.53 Å². The quantitative estimate of drug-likeness (QED) is 0.106. The lowest BCUT2D eigenvalue weighted by molar-refractivity contribution is -0.135. The zero-order chi connectivity index (χ0) is 31.3. The highest BCUT2D eigenvalue weighted by molar-refractivity contribution is 5.92. The van der Waals surface area contributed by atoms with E-state index < -0.39 is 0 Å². The molecule has 0 heterocycles. The third kappa shape index (κ3) is 12.9. The molecule has 0 amide bonds. The van der Waals surface area contributed by atoms with Crippen LogP contribution in [-0.2, 0) is 16.0 Å². The number of rotatable bonds is 17. The van der Waals surface area contributed by atoms with E-state index in [-0.39, 0.29) is 5.97 Å². The number of likely N-dealkylation sites (N-methyl/N-ethyl adjacent to an activating group) is 1.